The second kappa shape index (κ2) is 4.34. The molecule has 0 aromatic carbocycles. The first-order valence-corrected chi connectivity index (χ1v) is 4.70. The number of allylic oxidation sites excluding steroid dienone is 3. The third-order valence-electron chi connectivity index (χ3n) is 2.68. The van der Waals surface area contributed by atoms with E-state index in [1.54, 1.807) is 7.11 Å². The third-order valence-corrected chi connectivity index (χ3v) is 2.68. The van der Waals surface area contributed by atoms with E-state index in [2.05, 4.69) is 32.1 Å². The highest BCUT2D eigenvalue weighted by Gasteiger charge is 2.15. The molecule has 0 saturated carbocycles. The van der Waals surface area contributed by atoms with Gasteiger partial charge in [0.25, 0.3) is 0 Å². The Kier molecular flexibility index (Phi) is 3.39. The molecule has 0 N–H and O–H groups in total. The van der Waals surface area contributed by atoms with Crippen LogP contribution in [0.15, 0.2) is 24.0 Å². The first kappa shape index (κ1) is 9.37. The molecule has 0 heterocycles. The van der Waals surface area contributed by atoms with Crippen LogP contribution < -0.4 is 0 Å². The van der Waals surface area contributed by atoms with Crippen molar-refractivity contribution in [3.8, 4) is 0 Å². The molecule has 0 radical (unpaired) electrons. The SMILES string of the molecule is CCC(C)C1C=C(OC)C=CC1. The average Bonchev–Trinajstić information content (AvgIpc) is 2.17. The Hall–Kier alpha value is -0.720. The minimum Gasteiger partial charge on any atom is -0.497 e. The molecule has 12 heavy (non-hydrogen) atoms. The van der Waals surface area contributed by atoms with Gasteiger partial charge in [-0.3, -0.25) is 0 Å². The molecule has 0 aliphatic heterocycles. The van der Waals surface area contributed by atoms with E-state index < -0.39 is 0 Å². The zero-order valence-corrected chi connectivity index (χ0v) is 8.21. The van der Waals surface area contributed by atoms with E-state index >= 15 is 0 Å². The van der Waals surface area contributed by atoms with Crippen molar-refractivity contribution in [3.05, 3.63) is 24.0 Å². The van der Waals surface area contributed by atoms with Gasteiger partial charge in [-0.25, -0.2) is 0 Å². The molecule has 0 bridgehead atoms. The smallest absolute Gasteiger partial charge is 0.114 e. The van der Waals surface area contributed by atoms with Crippen LogP contribution in [0.1, 0.15) is 26.7 Å². The van der Waals surface area contributed by atoms with E-state index in [1.165, 1.54) is 12.8 Å². The first-order valence-electron chi connectivity index (χ1n) is 4.70. The van der Waals surface area contributed by atoms with Crippen LogP contribution in [0.25, 0.3) is 0 Å². The summed E-state index contributed by atoms with van der Waals surface area (Å²) in [6.07, 6.45) is 8.91. The van der Waals surface area contributed by atoms with E-state index in [4.69, 9.17) is 4.74 Å². The molecule has 1 rings (SSSR count). The highest BCUT2D eigenvalue weighted by atomic mass is 16.5. The lowest BCUT2D eigenvalue weighted by Gasteiger charge is -2.21. The summed E-state index contributed by atoms with van der Waals surface area (Å²) in [6.45, 7) is 4.54. The molecule has 1 heteroatoms. The maximum absolute atomic E-state index is 5.19. The summed E-state index contributed by atoms with van der Waals surface area (Å²) in [6, 6.07) is 0. The predicted molar refractivity (Wildman–Crippen MR) is 51.8 cm³/mol. The summed E-state index contributed by atoms with van der Waals surface area (Å²) in [5.74, 6) is 2.46. The van der Waals surface area contributed by atoms with Gasteiger partial charge < -0.3 is 4.74 Å². The zero-order chi connectivity index (χ0) is 8.97. The molecule has 0 amide bonds. The quantitative estimate of drug-likeness (QED) is 0.626. The lowest BCUT2D eigenvalue weighted by atomic mass is 9.86. The third kappa shape index (κ3) is 2.13. The predicted octanol–water partition coefficient (Wildman–Crippen LogP) is 3.14. The topological polar surface area (TPSA) is 9.23 Å². The molecule has 0 aromatic heterocycles. The minimum absolute atomic E-state index is 0.676. The number of methoxy groups -OCH3 is 1. The fourth-order valence-electron chi connectivity index (χ4n) is 1.51. The van der Waals surface area contributed by atoms with Crippen LogP contribution in [0, 0.1) is 11.8 Å². The van der Waals surface area contributed by atoms with E-state index in [9.17, 15) is 0 Å². The molecular weight excluding hydrogens is 148 g/mol. The maximum Gasteiger partial charge on any atom is 0.114 e. The number of rotatable bonds is 3. The average molecular weight is 166 g/mol. The fraction of sp³-hybridized carbons (Fsp3) is 0.636. The van der Waals surface area contributed by atoms with Crippen molar-refractivity contribution in [3.63, 3.8) is 0 Å². The first-order chi connectivity index (χ1) is 5.77. The van der Waals surface area contributed by atoms with Gasteiger partial charge in [0, 0.05) is 0 Å². The van der Waals surface area contributed by atoms with E-state index in [1.807, 2.05) is 0 Å². The summed E-state index contributed by atoms with van der Waals surface area (Å²) in [5.41, 5.74) is 0. The van der Waals surface area contributed by atoms with Crippen LogP contribution in [0.2, 0.25) is 0 Å². The largest absolute Gasteiger partial charge is 0.497 e. The van der Waals surface area contributed by atoms with Crippen molar-refractivity contribution in [1.29, 1.82) is 0 Å². The zero-order valence-electron chi connectivity index (χ0n) is 8.21. The van der Waals surface area contributed by atoms with Gasteiger partial charge >= 0.3 is 0 Å². The van der Waals surface area contributed by atoms with Gasteiger partial charge in [-0.15, -0.1) is 0 Å². The van der Waals surface area contributed by atoms with Crippen molar-refractivity contribution in [2.45, 2.75) is 26.7 Å². The number of hydrogen-bond acceptors (Lipinski definition) is 1. The molecule has 1 nitrogen and oxygen atoms in total. The number of hydrogen-bond donors (Lipinski definition) is 0. The Labute approximate surface area is 75.1 Å². The van der Waals surface area contributed by atoms with Gasteiger partial charge in [-0.2, -0.15) is 0 Å². The minimum atomic E-state index is 0.676. The molecule has 0 saturated heterocycles. The Morgan fingerprint density at radius 2 is 2.42 bits per heavy atom. The van der Waals surface area contributed by atoms with Crippen LogP contribution in [0.5, 0.6) is 0 Å². The van der Waals surface area contributed by atoms with E-state index in [0.717, 1.165) is 11.7 Å². The lowest BCUT2D eigenvalue weighted by molar-refractivity contribution is 0.291. The van der Waals surface area contributed by atoms with Gasteiger partial charge in [-0.05, 0) is 30.4 Å². The van der Waals surface area contributed by atoms with Gasteiger partial charge in [-0.1, -0.05) is 26.3 Å². The van der Waals surface area contributed by atoms with E-state index in [-0.39, 0.29) is 0 Å². The Balaban J connectivity index is 2.59. The molecule has 1 aliphatic rings. The van der Waals surface area contributed by atoms with E-state index in [0.29, 0.717) is 5.92 Å². The van der Waals surface area contributed by atoms with Crippen molar-refractivity contribution in [1.82, 2.24) is 0 Å². The van der Waals surface area contributed by atoms with Crippen molar-refractivity contribution in [2.75, 3.05) is 7.11 Å². The van der Waals surface area contributed by atoms with Gasteiger partial charge in [0.1, 0.15) is 5.76 Å². The second-order valence-electron chi connectivity index (χ2n) is 3.46. The summed E-state index contributed by atoms with van der Waals surface area (Å²) >= 11 is 0. The second-order valence-corrected chi connectivity index (χ2v) is 3.46. The summed E-state index contributed by atoms with van der Waals surface area (Å²) in [4.78, 5) is 0. The van der Waals surface area contributed by atoms with Crippen LogP contribution in [-0.4, -0.2) is 7.11 Å². The molecule has 68 valence electrons. The summed E-state index contributed by atoms with van der Waals surface area (Å²) in [7, 11) is 1.73. The Morgan fingerprint density at radius 3 is 3.00 bits per heavy atom. The van der Waals surface area contributed by atoms with Crippen molar-refractivity contribution >= 4 is 0 Å². The normalized spacial score (nSPS) is 24.9. The molecule has 2 unspecified atom stereocenters. The monoisotopic (exact) mass is 166 g/mol. The highest BCUT2D eigenvalue weighted by molar-refractivity contribution is 5.18. The van der Waals surface area contributed by atoms with Crippen LogP contribution >= 0.6 is 0 Å². The standard InChI is InChI=1S/C11H18O/c1-4-9(2)10-6-5-7-11(8-10)12-3/h5,7-10H,4,6H2,1-3H3. The van der Waals surface area contributed by atoms with Gasteiger partial charge in [0.05, 0.1) is 7.11 Å². The molecular formula is C11H18O. The molecule has 0 spiro atoms. The maximum atomic E-state index is 5.19. The van der Waals surface area contributed by atoms with Crippen LogP contribution in [0.4, 0.5) is 0 Å². The van der Waals surface area contributed by atoms with Gasteiger partial charge in [0.2, 0.25) is 0 Å². The van der Waals surface area contributed by atoms with Crippen LogP contribution in [-0.2, 0) is 4.74 Å². The Bertz CT molecular complexity index is 191. The summed E-state index contributed by atoms with van der Waals surface area (Å²) < 4.78 is 5.19. The Morgan fingerprint density at radius 1 is 1.67 bits per heavy atom. The number of ether oxygens (including phenoxy) is 1. The highest BCUT2D eigenvalue weighted by Crippen LogP contribution is 2.25. The van der Waals surface area contributed by atoms with Crippen molar-refractivity contribution < 1.29 is 4.74 Å². The molecule has 0 fully saturated rings. The molecule has 1 aliphatic carbocycles. The van der Waals surface area contributed by atoms with Gasteiger partial charge in [0.15, 0.2) is 0 Å². The summed E-state index contributed by atoms with van der Waals surface area (Å²) in [5, 5.41) is 0. The lowest BCUT2D eigenvalue weighted by Crippen LogP contribution is -2.10. The van der Waals surface area contributed by atoms with Crippen molar-refractivity contribution in [2.24, 2.45) is 11.8 Å². The fourth-order valence-corrected chi connectivity index (χ4v) is 1.51. The molecule has 2 atom stereocenters. The van der Waals surface area contributed by atoms with Crippen LogP contribution in [0.3, 0.4) is 0 Å². The molecule has 0 aromatic rings.